The molecule has 54 heavy (non-hydrogen) atoms. The Bertz CT molecular complexity index is 1410. The molecule has 3 atom stereocenters. The van der Waals surface area contributed by atoms with E-state index in [4.69, 9.17) is 15.9 Å². The summed E-state index contributed by atoms with van der Waals surface area (Å²) in [6, 6.07) is -4.10. The lowest BCUT2D eigenvalue weighted by Crippen LogP contribution is -2.53. The van der Waals surface area contributed by atoms with Crippen LogP contribution in [0.1, 0.15) is 6.92 Å². The van der Waals surface area contributed by atoms with Gasteiger partial charge in [0.25, 0.3) is 0 Å². The Morgan fingerprint density at radius 1 is 0.426 bits per heavy atom. The molecule has 302 valence electrons. The first kappa shape index (κ1) is 47.5. The quantitative estimate of drug-likeness (QED) is 0.0409. The summed E-state index contributed by atoms with van der Waals surface area (Å²) in [4.78, 5) is 141. The fourth-order valence-corrected chi connectivity index (χ4v) is 3.30. The molecule has 11 amide bonds. The molecule has 0 aromatic rings. The lowest BCUT2D eigenvalue weighted by atomic mass is 10.3. The normalized spacial score (nSPS) is 11.8. The van der Waals surface area contributed by atoms with Crippen molar-refractivity contribution in [3.63, 3.8) is 0 Å². The van der Waals surface area contributed by atoms with Gasteiger partial charge in [0.15, 0.2) is 0 Å². The molecule has 27 nitrogen and oxygen atoms in total. The minimum absolute atomic E-state index is 0.336. The van der Waals surface area contributed by atoms with Crippen molar-refractivity contribution in [3.05, 3.63) is 0 Å². The first-order valence-corrected chi connectivity index (χ1v) is 15.6. The monoisotopic (exact) mass is 776 g/mol. The number of aliphatic hydroxyl groups is 2. The minimum atomic E-state index is -1.57. The molecule has 0 aromatic heterocycles. The van der Waals surface area contributed by atoms with Gasteiger partial charge in [-0.25, -0.2) is 4.79 Å². The molecule has 0 spiro atoms. The standard InChI is InChI=1S/C27H44N12O15/c1-13(37-16(42)2-28)25(51)35-7-21(47)31-3-17(43)29-5-19(45)33-9-23(49)38-14(11-40)26(52)36-8-22(48)32-4-18(44)30-6-20(46)34-10-24(50)39-15(12-41)27(53)54/h13-15,40-41H,2-12,28H2,1H3,(H,29,43)(H,30,44)(H,31,47)(H,32,48)(H,33,45)(H,34,46)(H,35,51)(H,36,52)(H,37,42)(H,38,49)(H,39,50)(H,53,54)/t13-,14-,15-/m0/s1. The van der Waals surface area contributed by atoms with Gasteiger partial charge in [0.2, 0.25) is 65.0 Å². The van der Waals surface area contributed by atoms with Gasteiger partial charge >= 0.3 is 5.97 Å². The van der Waals surface area contributed by atoms with E-state index in [1.807, 2.05) is 5.32 Å². The van der Waals surface area contributed by atoms with Crippen LogP contribution in [0.25, 0.3) is 0 Å². The van der Waals surface area contributed by atoms with Crippen molar-refractivity contribution in [1.82, 2.24) is 58.5 Å². The summed E-state index contributed by atoms with van der Waals surface area (Å²) in [5.74, 6) is -10.7. The number of hydrogen-bond acceptors (Lipinski definition) is 15. The molecule has 0 aromatic carbocycles. The van der Waals surface area contributed by atoms with Gasteiger partial charge in [0, 0.05) is 0 Å². The van der Waals surface area contributed by atoms with E-state index in [1.165, 1.54) is 6.92 Å². The van der Waals surface area contributed by atoms with Crippen molar-refractivity contribution in [3.8, 4) is 0 Å². The Morgan fingerprint density at radius 2 is 0.722 bits per heavy atom. The highest BCUT2D eigenvalue weighted by Gasteiger charge is 2.22. The zero-order chi connectivity index (χ0) is 41.2. The SMILES string of the molecule is C[C@H](NC(=O)CN)C(=O)NCC(=O)NCC(=O)NCC(=O)NCC(=O)N[C@@H](CO)C(=O)NCC(=O)NCC(=O)NCC(=O)NCC(=O)N[C@@H](CO)C(=O)O. The molecule has 0 aliphatic heterocycles. The third-order valence-corrected chi connectivity index (χ3v) is 6.13. The second-order valence-corrected chi connectivity index (χ2v) is 10.5. The van der Waals surface area contributed by atoms with Gasteiger partial charge in [0.1, 0.15) is 18.1 Å². The maximum absolute atomic E-state index is 12.3. The van der Waals surface area contributed by atoms with Crippen LogP contribution in [0.4, 0.5) is 0 Å². The Hall–Kier alpha value is -6.48. The molecule has 0 unspecified atom stereocenters. The molecule has 16 N–H and O–H groups in total. The van der Waals surface area contributed by atoms with E-state index in [1.54, 1.807) is 0 Å². The number of rotatable bonds is 25. The zero-order valence-electron chi connectivity index (χ0n) is 28.8. The molecule has 0 radical (unpaired) electrons. The Balaban J connectivity index is 4.30. The molecule has 0 rings (SSSR count). The summed E-state index contributed by atoms with van der Waals surface area (Å²) in [7, 11) is 0. The summed E-state index contributed by atoms with van der Waals surface area (Å²) in [6.07, 6.45) is 0. The number of aliphatic carboxylic acids is 1. The zero-order valence-corrected chi connectivity index (χ0v) is 28.8. The highest BCUT2D eigenvalue weighted by atomic mass is 16.4. The summed E-state index contributed by atoms with van der Waals surface area (Å²) < 4.78 is 0. The molecule has 0 saturated carbocycles. The number of aliphatic hydroxyl groups excluding tert-OH is 2. The number of carbonyl (C=O) groups excluding carboxylic acids is 11. The van der Waals surface area contributed by atoms with Crippen molar-refractivity contribution in [2.75, 3.05) is 72.1 Å². The topological polar surface area (TPSA) is 424 Å². The summed E-state index contributed by atoms with van der Waals surface area (Å²) in [5, 5.41) is 50.5. The first-order valence-electron chi connectivity index (χ1n) is 15.6. The maximum atomic E-state index is 12.3. The smallest absolute Gasteiger partial charge is 0.328 e. The van der Waals surface area contributed by atoms with Gasteiger partial charge < -0.3 is 79.5 Å². The predicted octanol–water partition coefficient (Wildman–Crippen LogP) is -11.6. The second-order valence-electron chi connectivity index (χ2n) is 10.5. The average Bonchev–Trinajstić information content (AvgIpc) is 3.14. The minimum Gasteiger partial charge on any atom is -0.480 e. The van der Waals surface area contributed by atoms with Gasteiger partial charge in [-0.15, -0.1) is 0 Å². The van der Waals surface area contributed by atoms with Crippen LogP contribution in [-0.2, 0) is 57.5 Å². The Morgan fingerprint density at radius 3 is 1.04 bits per heavy atom. The molecule has 0 fully saturated rings. The first-order chi connectivity index (χ1) is 25.4. The maximum Gasteiger partial charge on any atom is 0.328 e. The largest absolute Gasteiger partial charge is 0.480 e. The number of carboxylic acids is 1. The van der Waals surface area contributed by atoms with Crippen LogP contribution in [0.5, 0.6) is 0 Å². The van der Waals surface area contributed by atoms with Gasteiger partial charge in [-0.2, -0.15) is 0 Å². The second kappa shape index (κ2) is 26.3. The molecule has 0 saturated heterocycles. The van der Waals surface area contributed by atoms with Crippen molar-refractivity contribution < 1.29 is 72.9 Å². The number of carbonyl (C=O) groups is 12. The van der Waals surface area contributed by atoms with Crippen LogP contribution in [-0.4, -0.2) is 177 Å². The number of carboxylic acid groups (broad SMARTS) is 1. The fraction of sp³-hybridized carbons (Fsp3) is 0.556. The van der Waals surface area contributed by atoms with E-state index in [-0.39, 0.29) is 6.54 Å². The molecule has 0 bridgehead atoms. The van der Waals surface area contributed by atoms with Crippen molar-refractivity contribution in [1.29, 1.82) is 0 Å². The number of nitrogens with two attached hydrogens (primary N) is 1. The van der Waals surface area contributed by atoms with E-state index in [2.05, 4.69) is 53.2 Å². The van der Waals surface area contributed by atoms with Crippen LogP contribution in [0.15, 0.2) is 0 Å². The number of amides is 11. The fourth-order valence-electron chi connectivity index (χ4n) is 3.30. The van der Waals surface area contributed by atoms with Gasteiger partial charge in [0.05, 0.1) is 72.1 Å². The van der Waals surface area contributed by atoms with Gasteiger partial charge in [-0.3, -0.25) is 52.7 Å². The third-order valence-electron chi connectivity index (χ3n) is 6.13. The summed E-state index contributed by atoms with van der Waals surface area (Å²) >= 11 is 0. The van der Waals surface area contributed by atoms with Crippen LogP contribution in [0.2, 0.25) is 0 Å². The van der Waals surface area contributed by atoms with Crippen LogP contribution >= 0.6 is 0 Å². The highest BCUT2D eigenvalue weighted by Crippen LogP contribution is 1.85. The van der Waals surface area contributed by atoms with Crippen molar-refractivity contribution in [2.45, 2.75) is 25.0 Å². The van der Waals surface area contributed by atoms with Gasteiger partial charge in [-0.1, -0.05) is 0 Å². The number of hydrogen-bond donors (Lipinski definition) is 15. The van der Waals surface area contributed by atoms with Crippen LogP contribution in [0.3, 0.4) is 0 Å². The van der Waals surface area contributed by atoms with E-state index in [0.717, 1.165) is 0 Å². The van der Waals surface area contributed by atoms with E-state index < -0.39 is 155 Å². The third kappa shape index (κ3) is 22.4. The molecular weight excluding hydrogens is 732 g/mol. The lowest BCUT2D eigenvalue weighted by Gasteiger charge is -2.16. The van der Waals surface area contributed by atoms with E-state index in [9.17, 15) is 62.6 Å². The molecule has 27 heteroatoms. The average molecular weight is 777 g/mol. The van der Waals surface area contributed by atoms with Gasteiger partial charge in [-0.05, 0) is 6.92 Å². The van der Waals surface area contributed by atoms with Crippen molar-refractivity contribution in [2.24, 2.45) is 5.73 Å². The lowest BCUT2D eigenvalue weighted by molar-refractivity contribution is -0.142. The van der Waals surface area contributed by atoms with E-state index in [0.29, 0.717) is 0 Å². The molecule has 0 aliphatic carbocycles. The van der Waals surface area contributed by atoms with Crippen molar-refractivity contribution >= 4 is 70.9 Å². The number of nitrogens with one attached hydrogen (secondary N) is 11. The summed E-state index contributed by atoms with van der Waals surface area (Å²) in [6.45, 7) is -5.83. The molecule has 0 aliphatic rings. The molecule has 0 heterocycles. The Kier molecular flexibility index (Phi) is 23.2. The summed E-state index contributed by atoms with van der Waals surface area (Å²) in [5.41, 5.74) is 5.13. The Labute approximate surface area is 305 Å². The molecular formula is C27H44N12O15. The van der Waals surface area contributed by atoms with Crippen LogP contribution < -0.4 is 64.2 Å². The van der Waals surface area contributed by atoms with Crippen LogP contribution in [0, 0.1) is 0 Å². The highest BCUT2D eigenvalue weighted by molar-refractivity contribution is 5.95. The predicted molar refractivity (Wildman–Crippen MR) is 176 cm³/mol. The van der Waals surface area contributed by atoms with E-state index >= 15 is 0 Å².